The second kappa shape index (κ2) is 10.3. The predicted molar refractivity (Wildman–Crippen MR) is 148 cm³/mol. The predicted octanol–water partition coefficient (Wildman–Crippen LogP) is 3.30. The molecule has 0 bridgehead atoms. The Morgan fingerprint density at radius 3 is 1.95 bits per heavy atom. The van der Waals surface area contributed by atoms with Crippen LogP contribution in [-0.2, 0) is 6.42 Å². The summed E-state index contributed by atoms with van der Waals surface area (Å²) in [6, 6.07) is 11.6. The van der Waals surface area contributed by atoms with Gasteiger partial charge in [0.25, 0.3) is 0 Å². The lowest BCUT2D eigenvalue weighted by Crippen LogP contribution is -2.36. The van der Waals surface area contributed by atoms with Gasteiger partial charge >= 0.3 is 0 Å². The largest absolute Gasteiger partial charge is 0.508 e. The average molecular weight is 593 g/mol. The van der Waals surface area contributed by atoms with E-state index in [1.165, 1.54) is 49.6 Å². The number of phenols is 7. The van der Waals surface area contributed by atoms with Crippen molar-refractivity contribution in [3.8, 4) is 57.5 Å². The molecular formula is C31H28O12. The number of methoxy groups -OCH3 is 1. The van der Waals surface area contributed by atoms with Gasteiger partial charge in [-0.05, 0) is 29.8 Å². The molecule has 0 unspecified atom stereocenters. The second-order valence-electron chi connectivity index (χ2n) is 10.5. The van der Waals surface area contributed by atoms with E-state index in [1.54, 1.807) is 0 Å². The van der Waals surface area contributed by atoms with Crippen LogP contribution in [0.5, 0.6) is 57.5 Å². The van der Waals surface area contributed by atoms with Crippen LogP contribution in [0.4, 0.5) is 0 Å². The number of rotatable bonds is 4. The van der Waals surface area contributed by atoms with E-state index in [-0.39, 0.29) is 57.4 Å². The minimum Gasteiger partial charge on any atom is -0.508 e. The van der Waals surface area contributed by atoms with Crippen LogP contribution in [-0.4, -0.2) is 65.3 Å². The first-order valence-electron chi connectivity index (χ1n) is 13.2. The minimum absolute atomic E-state index is 0.00882. The van der Waals surface area contributed by atoms with Crippen LogP contribution in [0.25, 0.3) is 0 Å². The molecule has 0 fully saturated rings. The zero-order valence-corrected chi connectivity index (χ0v) is 22.5. The van der Waals surface area contributed by atoms with Crippen molar-refractivity contribution in [3.63, 3.8) is 0 Å². The maximum absolute atomic E-state index is 11.8. The molecule has 0 aromatic heterocycles. The van der Waals surface area contributed by atoms with E-state index >= 15 is 0 Å². The monoisotopic (exact) mass is 592 g/mol. The fourth-order valence-electron chi connectivity index (χ4n) is 5.93. The molecule has 224 valence electrons. The molecule has 5 atom stereocenters. The smallest absolute Gasteiger partial charge is 0.202 e. The fourth-order valence-corrected chi connectivity index (χ4v) is 5.93. The van der Waals surface area contributed by atoms with E-state index < -0.39 is 59.1 Å². The molecule has 12 nitrogen and oxygen atoms in total. The van der Waals surface area contributed by atoms with Crippen LogP contribution in [0.3, 0.4) is 0 Å². The van der Waals surface area contributed by atoms with Crippen LogP contribution in [0.15, 0.2) is 54.6 Å². The summed E-state index contributed by atoms with van der Waals surface area (Å²) >= 11 is 0. The zero-order chi connectivity index (χ0) is 30.7. The maximum atomic E-state index is 11.8. The van der Waals surface area contributed by atoms with Crippen LogP contribution >= 0.6 is 0 Å². The Balaban J connectivity index is 1.54. The zero-order valence-electron chi connectivity index (χ0n) is 22.5. The van der Waals surface area contributed by atoms with Gasteiger partial charge in [0.15, 0.2) is 23.7 Å². The normalized spacial score (nSPS) is 22.5. The molecule has 2 heterocycles. The summed E-state index contributed by atoms with van der Waals surface area (Å²) in [7, 11) is 1.26. The minimum atomic E-state index is -1.50. The number of aliphatic hydroxyl groups is 2. The average Bonchev–Trinajstić information content (AvgIpc) is 2.94. The van der Waals surface area contributed by atoms with E-state index in [2.05, 4.69) is 0 Å². The number of hydrogen-bond donors (Lipinski definition) is 9. The van der Waals surface area contributed by atoms with Gasteiger partial charge in [-0.1, -0.05) is 12.1 Å². The van der Waals surface area contributed by atoms with Crippen molar-refractivity contribution in [1.29, 1.82) is 0 Å². The molecule has 12 heteroatoms. The number of aromatic hydroxyl groups is 7. The quantitative estimate of drug-likeness (QED) is 0.167. The molecule has 0 spiro atoms. The number of hydrogen-bond acceptors (Lipinski definition) is 12. The SMILES string of the molecule is COc1c(O)cc([C@@H]2Oc3c(c(O)cc(O)c3[C@@H]3c4c(O)cc(O)cc4O[C@@H](c4ccc(O)cc4)[C@H]3O)C[C@@H]2O)cc1O. The van der Waals surface area contributed by atoms with Crippen molar-refractivity contribution in [1.82, 2.24) is 0 Å². The summed E-state index contributed by atoms with van der Waals surface area (Å²) in [6.45, 7) is 0. The molecule has 43 heavy (non-hydrogen) atoms. The Bertz CT molecular complexity index is 1690. The van der Waals surface area contributed by atoms with Crippen molar-refractivity contribution >= 4 is 0 Å². The summed E-state index contributed by atoms with van der Waals surface area (Å²) < 4.78 is 17.2. The van der Waals surface area contributed by atoms with E-state index in [0.29, 0.717) is 5.56 Å². The van der Waals surface area contributed by atoms with Gasteiger partial charge in [-0.15, -0.1) is 0 Å². The Labute approximate surface area is 244 Å². The lowest BCUT2D eigenvalue weighted by Gasteiger charge is -2.40. The van der Waals surface area contributed by atoms with Gasteiger partial charge in [0.1, 0.15) is 46.4 Å². The van der Waals surface area contributed by atoms with E-state index in [4.69, 9.17) is 14.2 Å². The van der Waals surface area contributed by atoms with Crippen LogP contribution in [0.2, 0.25) is 0 Å². The van der Waals surface area contributed by atoms with Crippen molar-refractivity contribution < 1.29 is 60.2 Å². The highest BCUT2D eigenvalue weighted by Gasteiger charge is 2.46. The number of fused-ring (bicyclic) bond motifs is 2. The van der Waals surface area contributed by atoms with Crippen molar-refractivity contribution in [3.05, 3.63) is 82.4 Å². The topological polar surface area (TPSA) is 210 Å². The van der Waals surface area contributed by atoms with Gasteiger partial charge in [-0.25, -0.2) is 0 Å². The van der Waals surface area contributed by atoms with E-state index in [1.807, 2.05) is 0 Å². The fraction of sp³-hybridized carbons (Fsp3) is 0.226. The Morgan fingerprint density at radius 1 is 0.651 bits per heavy atom. The van der Waals surface area contributed by atoms with Gasteiger partial charge in [-0.3, -0.25) is 0 Å². The first-order valence-corrected chi connectivity index (χ1v) is 13.2. The molecular weight excluding hydrogens is 564 g/mol. The number of phenolic OH excluding ortho intramolecular Hbond substituents is 7. The van der Waals surface area contributed by atoms with Crippen molar-refractivity contribution in [2.75, 3.05) is 7.11 Å². The number of benzene rings is 4. The van der Waals surface area contributed by atoms with E-state index in [0.717, 1.165) is 12.1 Å². The molecule has 2 aliphatic rings. The molecule has 2 aliphatic heterocycles. The Kier molecular flexibility index (Phi) is 6.67. The standard InChI is InChI=1S/C31H28O12/c1-41-31-20(37)6-13(7-21(31)38)28-22(39)10-16-17(34)11-19(36)25(30(16)43-28)26-24-18(35)8-15(33)9-23(24)42-29(27(26)40)12-2-4-14(32)5-3-12/h2-9,11,22,26-29,32-40H,10H2,1H3/t22-,26-,27-,28-,29-/m0/s1. The summed E-state index contributed by atoms with van der Waals surface area (Å²) in [4.78, 5) is 0. The van der Waals surface area contributed by atoms with Gasteiger partial charge in [0.05, 0.1) is 19.1 Å². The molecule has 4 aromatic rings. The molecule has 4 aromatic carbocycles. The van der Waals surface area contributed by atoms with Crippen LogP contribution in [0, 0.1) is 0 Å². The molecule has 0 amide bonds. The maximum Gasteiger partial charge on any atom is 0.202 e. The van der Waals surface area contributed by atoms with Gasteiger partial charge in [0, 0.05) is 46.9 Å². The van der Waals surface area contributed by atoms with E-state index in [9.17, 15) is 46.0 Å². The third kappa shape index (κ3) is 4.57. The molecule has 0 saturated carbocycles. The summed E-state index contributed by atoms with van der Waals surface area (Å²) in [6.07, 6.45) is -5.33. The lowest BCUT2D eigenvalue weighted by atomic mass is 9.77. The van der Waals surface area contributed by atoms with Crippen LogP contribution in [0.1, 0.15) is 45.9 Å². The number of ether oxygens (including phenoxy) is 3. The highest BCUT2D eigenvalue weighted by molar-refractivity contribution is 5.66. The summed E-state index contributed by atoms with van der Waals surface area (Å²) in [5, 5.41) is 96.5. The Morgan fingerprint density at radius 2 is 1.30 bits per heavy atom. The Hall–Kier alpha value is -5.20. The van der Waals surface area contributed by atoms with Gasteiger partial charge in [0.2, 0.25) is 5.75 Å². The molecule has 0 radical (unpaired) electrons. The molecule has 0 aliphatic carbocycles. The summed E-state index contributed by atoms with van der Waals surface area (Å²) in [5.41, 5.74) is 0.612. The van der Waals surface area contributed by atoms with Crippen molar-refractivity contribution in [2.45, 2.75) is 36.8 Å². The lowest BCUT2D eigenvalue weighted by molar-refractivity contribution is 0.00119. The van der Waals surface area contributed by atoms with Crippen molar-refractivity contribution in [2.24, 2.45) is 0 Å². The highest BCUT2D eigenvalue weighted by atomic mass is 16.5. The highest BCUT2D eigenvalue weighted by Crippen LogP contribution is 2.57. The van der Waals surface area contributed by atoms with Gasteiger partial charge < -0.3 is 60.2 Å². The van der Waals surface area contributed by atoms with Gasteiger partial charge in [-0.2, -0.15) is 0 Å². The van der Waals surface area contributed by atoms with Crippen LogP contribution < -0.4 is 14.2 Å². The first kappa shape index (κ1) is 27.9. The molecule has 6 rings (SSSR count). The third-order valence-electron chi connectivity index (χ3n) is 7.84. The summed E-state index contributed by atoms with van der Waals surface area (Å²) in [5.74, 6) is -4.16. The molecule has 9 N–H and O–H groups in total. The third-order valence-corrected chi connectivity index (χ3v) is 7.84. The number of aliphatic hydroxyl groups excluding tert-OH is 2. The first-order chi connectivity index (χ1) is 20.5. The molecule has 0 saturated heterocycles. The second-order valence-corrected chi connectivity index (χ2v) is 10.5.